The maximum Gasteiger partial charge on any atom is 0.324 e. The summed E-state index contributed by atoms with van der Waals surface area (Å²) < 4.78 is 5.76. The molecule has 0 bridgehead atoms. The smallest absolute Gasteiger partial charge is 0.324 e. The fourth-order valence-corrected chi connectivity index (χ4v) is 3.23. The van der Waals surface area contributed by atoms with Crippen molar-refractivity contribution in [2.24, 2.45) is 0 Å². The number of carbonyl (C=O) groups is 2. The summed E-state index contributed by atoms with van der Waals surface area (Å²) in [4.78, 5) is 31.6. The van der Waals surface area contributed by atoms with Crippen LogP contribution in [0.3, 0.4) is 0 Å². The van der Waals surface area contributed by atoms with Crippen LogP contribution < -0.4 is 26.0 Å². The fraction of sp³-hybridized carbons (Fsp3) is 0.167. The molecule has 3 aromatic rings. The summed E-state index contributed by atoms with van der Waals surface area (Å²) in [5.74, 6) is 0.710. The summed E-state index contributed by atoms with van der Waals surface area (Å²) >= 11 is 12.1. The number of rotatable bonds is 9. The number of nitrogens with zero attached hydrogens (tertiary/aromatic N) is 2. The molecule has 9 nitrogen and oxygen atoms in total. The highest BCUT2D eigenvalue weighted by atomic mass is 35.5. The minimum Gasteiger partial charge on any atom is -0.491 e. The van der Waals surface area contributed by atoms with E-state index < -0.39 is 6.03 Å². The first-order chi connectivity index (χ1) is 16.9. The molecule has 35 heavy (non-hydrogen) atoms. The number of benzene rings is 2. The molecule has 180 valence electrons. The SMILES string of the molecule is [C-]#[N+]c1ccc(NC(=O)Nc2cc(Cl)ccc2OCCCNC(=O)NCc2ccccc2Cl)nc1. The van der Waals surface area contributed by atoms with E-state index in [9.17, 15) is 9.59 Å². The number of ether oxygens (including phenoxy) is 1. The number of urea groups is 2. The molecular formula is C24H22Cl2N6O3. The molecule has 0 aliphatic rings. The van der Waals surface area contributed by atoms with Gasteiger partial charge in [0.1, 0.15) is 11.6 Å². The molecule has 11 heteroatoms. The highest BCUT2D eigenvalue weighted by Crippen LogP contribution is 2.28. The van der Waals surface area contributed by atoms with Gasteiger partial charge in [0, 0.05) is 29.3 Å². The van der Waals surface area contributed by atoms with Crippen LogP contribution in [0.15, 0.2) is 60.8 Å². The van der Waals surface area contributed by atoms with Crippen LogP contribution in [0.2, 0.25) is 10.0 Å². The average molecular weight is 513 g/mol. The van der Waals surface area contributed by atoms with E-state index >= 15 is 0 Å². The second-order valence-corrected chi connectivity index (χ2v) is 7.98. The van der Waals surface area contributed by atoms with Crippen molar-refractivity contribution in [2.45, 2.75) is 13.0 Å². The minimum atomic E-state index is -0.544. The summed E-state index contributed by atoms with van der Waals surface area (Å²) in [5.41, 5.74) is 1.57. The molecule has 0 saturated carbocycles. The summed E-state index contributed by atoms with van der Waals surface area (Å²) in [6.45, 7) is 7.94. The first kappa shape index (κ1) is 25.6. The second-order valence-electron chi connectivity index (χ2n) is 7.14. The maximum atomic E-state index is 12.4. The summed E-state index contributed by atoms with van der Waals surface area (Å²) in [7, 11) is 0. The third kappa shape index (κ3) is 8.37. The molecular weight excluding hydrogens is 491 g/mol. The molecule has 1 aromatic heterocycles. The lowest BCUT2D eigenvalue weighted by Crippen LogP contribution is -2.36. The van der Waals surface area contributed by atoms with E-state index in [0.29, 0.717) is 59.1 Å². The van der Waals surface area contributed by atoms with Crippen LogP contribution in [-0.4, -0.2) is 30.2 Å². The van der Waals surface area contributed by atoms with E-state index in [2.05, 4.69) is 31.1 Å². The van der Waals surface area contributed by atoms with Crippen molar-refractivity contribution in [1.82, 2.24) is 15.6 Å². The van der Waals surface area contributed by atoms with Crippen molar-refractivity contribution in [2.75, 3.05) is 23.8 Å². The van der Waals surface area contributed by atoms with Gasteiger partial charge in [-0.1, -0.05) is 47.5 Å². The number of carbonyl (C=O) groups excluding carboxylic acids is 2. The highest BCUT2D eigenvalue weighted by molar-refractivity contribution is 6.31. The lowest BCUT2D eigenvalue weighted by molar-refractivity contribution is 0.238. The van der Waals surface area contributed by atoms with Crippen molar-refractivity contribution in [3.05, 3.63) is 87.8 Å². The van der Waals surface area contributed by atoms with Crippen molar-refractivity contribution >= 4 is 52.5 Å². The molecule has 2 aromatic carbocycles. The van der Waals surface area contributed by atoms with Crippen molar-refractivity contribution in [3.63, 3.8) is 0 Å². The average Bonchev–Trinajstić information content (AvgIpc) is 2.85. The van der Waals surface area contributed by atoms with Gasteiger partial charge in [0.25, 0.3) is 0 Å². The first-order valence-corrected chi connectivity index (χ1v) is 11.3. The molecule has 1 heterocycles. The second kappa shape index (κ2) is 13.0. The van der Waals surface area contributed by atoms with Gasteiger partial charge in [0.15, 0.2) is 0 Å². The van der Waals surface area contributed by atoms with Gasteiger partial charge in [0.05, 0.1) is 18.9 Å². The number of anilines is 2. The van der Waals surface area contributed by atoms with Crippen LogP contribution in [0.5, 0.6) is 5.75 Å². The third-order valence-electron chi connectivity index (χ3n) is 4.57. The van der Waals surface area contributed by atoms with Crippen LogP contribution in [0, 0.1) is 6.57 Å². The molecule has 3 rings (SSSR count). The number of nitrogens with one attached hydrogen (secondary N) is 4. The van der Waals surface area contributed by atoms with Gasteiger partial charge in [-0.3, -0.25) is 10.3 Å². The van der Waals surface area contributed by atoms with Crippen LogP contribution in [0.1, 0.15) is 12.0 Å². The Morgan fingerprint density at radius 3 is 2.57 bits per heavy atom. The Hall–Kier alpha value is -4.00. The van der Waals surface area contributed by atoms with E-state index in [4.69, 9.17) is 34.5 Å². The minimum absolute atomic E-state index is 0.290. The monoisotopic (exact) mass is 512 g/mol. The zero-order valence-electron chi connectivity index (χ0n) is 18.5. The molecule has 0 saturated heterocycles. The van der Waals surface area contributed by atoms with Gasteiger partial charge in [-0.05, 0) is 42.3 Å². The predicted molar refractivity (Wildman–Crippen MR) is 136 cm³/mol. The number of halogens is 2. The van der Waals surface area contributed by atoms with Crippen LogP contribution in [-0.2, 0) is 6.54 Å². The molecule has 0 fully saturated rings. The van der Waals surface area contributed by atoms with Crippen molar-refractivity contribution in [3.8, 4) is 5.75 Å². The van der Waals surface area contributed by atoms with Gasteiger partial charge < -0.3 is 20.7 Å². The molecule has 0 spiro atoms. The number of hydrogen-bond donors (Lipinski definition) is 4. The Morgan fingerprint density at radius 2 is 1.83 bits per heavy atom. The van der Waals surface area contributed by atoms with E-state index in [1.807, 2.05) is 18.2 Å². The van der Waals surface area contributed by atoms with E-state index in [1.54, 1.807) is 30.3 Å². The third-order valence-corrected chi connectivity index (χ3v) is 5.17. The molecule has 0 unspecified atom stereocenters. The van der Waals surface area contributed by atoms with Gasteiger partial charge in [-0.2, -0.15) is 0 Å². The van der Waals surface area contributed by atoms with Gasteiger partial charge in [0.2, 0.25) is 5.69 Å². The zero-order chi connectivity index (χ0) is 25.0. The van der Waals surface area contributed by atoms with Gasteiger partial charge in [-0.15, -0.1) is 0 Å². The van der Waals surface area contributed by atoms with Gasteiger partial charge >= 0.3 is 12.1 Å². The zero-order valence-corrected chi connectivity index (χ0v) is 20.0. The summed E-state index contributed by atoms with van der Waals surface area (Å²) in [5, 5.41) is 11.8. The number of aromatic nitrogens is 1. The van der Waals surface area contributed by atoms with Crippen LogP contribution in [0.4, 0.5) is 26.8 Å². The molecule has 0 atom stereocenters. The molecule has 0 aliphatic heterocycles. The first-order valence-electron chi connectivity index (χ1n) is 10.5. The molecule has 4 amide bonds. The topological polar surface area (TPSA) is 109 Å². The number of hydrogen-bond acceptors (Lipinski definition) is 4. The van der Waals surface area contributed by atoms with E-state index in [0.717, 1.165) is 5.56 Å². The molecule has 0 aliphatic carbocycles. The maximum absolute atomic E-state index is 12.4. The lowest BCUT2D eigenvalue weighted by atomic mass is 10.2. The van der Waals surface area contributed by atoms with E-state index in [1.165, 1.54) is 12.3 Å². The highest BCUT2D eigenvalue weighted by Gasteiger charge is 2.10. The Labute approximate surface area is 212 Å². The number of amides is 4. The summed E-state index contributed by atoms with van der Waals surface area (Å²) in [6, 6.07) is 14.4. The normalized spacial score (nSPS) is 10.1. The molecule has 4 N–H and O–H groups in total. The molecule has 0 radical (unpaired) electrons. The van der Waals surface area contributed by atoms with Crippen LogP contribution in [0.25, 0.3) is 4.85 Å². The Bertz CT molecular complexity index is 1210. The Balaban J connectivity index is 1.43. The van der Waals surface area contributed by atoms with Gasteiger partial charge in [-0.25, -0.2) is 14.4 Å². The van der Waals surface area contributed by atoms with Crippen LogP contribution >= 0.6 is 23.2 Å². The van der Waals surface area contributed by atoms with Crippen molar-refractivity contribution in [1.29, 1.82) is 0 Å². The van der Waals surface area contributed by atoms with E-state index in [-0.39, 0.29) is 6.03 Å². The van der Waals surface area contributed by atoms with Crippen molar-refractivity contribution < 1.29 is 14.3 Å². The standard InChI is InChI=1S/C24H22Cl2N6O3/c1-27-18-8-10-22(29-15-18)32-24(34)31-20-13-17(25)7-9-21(20)35-12-4-11-28-23(33)30-14-16-5-2-3-6-19(16)26/h2-3,5-10,13,15H,4,11-12,14H2,(H2,28,30,33)(H2,29,31,32,34). The number of pyridine rings is 1. The quantitative estimate of drug-likeness (QED) is 0.213. The largest absolute Gasteiger partial charge is 0.491 e. The lowest BCUT2D eigenvalue weighted by Gasteiger charge is -2.14. The Morgan fingerprint density at radius 1 is 1.00 bits per heavy atom. The fourth-order valence-electron chi connectivity index (χ4n) is 2.86. The predicted octanol–water partition coefficient (Wildman–Crippen LogP) is 5.85. The Kier molecular flexibility index (Phi) is 9.54. The summed E-state index contributed by atoms with van der Waals surface area (Å²) in [6.07, 6.45) is 1.90.